The highest BCUT2D eigenvalue weighted by molar-refractivity contribution is 7.91. The van der Waals surface area contributed by atoms with Gasteiger partial charge in [-0.25, -0.2) is 13.2 Å². The molecule has 2 aromatic rings. The molecule has 7 nitrogen and oxygen atoms in total. The van der Waals surface area contributed by atoms with Gasteiger partial charge >= 0.3 is 5.97 Å². The Morgan fingerprint density at radius 2 is 1.88 bits per heavy atom. The zero-order chi connectivity index (χ0) is 23.3. The fourth-order valence-electron chi connectivity index (χ4n) is 3.81. The number of hydrogen-bond donors (Lipinski definition) is 0. The molecule has 0 unspecified atom stereocenters. The van der Waals surface area contributed by atoms with Crippen LogP contribution >= 0.6 is 11.3 Å². The topological polar surface area (TPSA) is 76.2 Å². The molecule has 3 rings (SSSR count). The third kappa shape index (κ3) is 5.06. The summed E-state index contributed by atoms with van der Waals surface area (Å²) in [6.45, 7) is 6.37. The van der Waals surface area contributed by atoms with Crippen molar-refractivity contribution in [3.05, 3.63) is 51.9 Å². The minimum absolute atomic E-state index is 0.105. The molecular formula is C23H30N2O5S2. The summed E-state index contributed by atoms with van der Waals surface area (Å²) in [4.78, 5) is 15.7. The SMILES string of the molecule is CCN(CC)S(=O)(=O)c1sc2c(c1C(=O)OC)CCN(C/C=C/c1ccc(OC)cc1)C2. The van der Waals surface area contributed by atoms with Gasteiger partial charge in [0.25, 0.3) is 10.0 Å². The Balaban J connectivity index is 1.82. The normalized spacial score (nSPS) is 14.7. The molecule has 0 N–H and O–H groups in total. The summed E-state index contributed by atoms with van der Waals surface area (Å²) in [6.07, 6.45) is 4.76. The maximum absolute atomic E-state index is 13.2. The van der Waals surface area contributed by atoms with E-state index in [0.717, 1.165) is 34.8 Å². The Morgan fingerprint density at radius 1 is 1.19 bits per heavy atom. The van der Waals surface area contributed by atoms with Gasteiger partial charge in [0.15, 0.2) is 0 Å². The second-order valence-electron chi connectivity index (χ2n) is 7.41. The van der Waals surface area contributed by atoms with Gasteiger partial charge in [-0.05, 0) is 29.7 Å². The van der Waals surface area contributed by atoms with Crippen LogP contribution in [0.5, 0.6) is 5.75 Å². The van der Waals surface area contributed by atoms with Crippen LogP contribution in [0, 0.1) is 0 Å². The highest BCUT2D eigenvalue weighted by Gasteiger charge is 2.36. The van der Waals surface area contributed by atoms with E-state index in [-0.39, 0.29) is 9.77 Å². The zero-order valence-corrected chi connectivity index (χ0v) is 20.6. The summed E-state index contributed by atoms with van der Waals surface area (Å²) in [5, 5.41) is 0. The number of nitrogens with zero attached hydrogens (tertiary/aromatic N) is 2. The second-order valence-corrected chi connectivity index (χ2v) is 10.6. The van der Waals surface area contributed by atoms with Crippen LogP contribution in [0.1, 0.15) is 40.2 Å². The minimum atomic E-state index is -3.75. The Labute approximate surface area is 194 Å². The predicted octanol–water partition coefficient (Wildman–Crippen LogP) is 3.65. The van der Waals surface area contributed by atoms with Gasteiger partial charge in [0.05, 0.1) is 19.8 Å². The molecule has 0 atom stereocenters. The first kappa shape index (κ1) is 24.4. The Hall–Kier alpha value is -2.20. The first-order chi connectivity index (χ1) is 15.3. The smallest absolute Gasteiger partial charge is 0.340 e. The van der Waals surface area contributed by atoms with Crippen molar-refractivity contribution in [1.29, 1.82) is 0 Å². The van der Waals surface area contributed by atoms with Crippen LogP contribution in [0.2, 0.25) is 0 Å². The van der Waals surface area contributed by atoms with E-state index in [9.17, 15) is 13.2 Å². The largest absolute Gasteiger partial charge is 0.497 e. The summed E-state index contributed by atoms with van der Waals surface area (Å²) in [5.74, 6) is 0.237. The summed E-state index contributed by atoms with van der Waals surface area (Å²) >= 11 is 1.20. The quantitative estimate of drug-likeness (QED) is 0.512. The summed E-state index contributed by atoms with van der Waals surface area (Å²) in [7, 11) is -0.815. The molecule has 0 aliphatic carbocycles. The highest BCUT2D eigenvalue weighted by Crippen LogP contribution is 2.38. The molecule has 0 saturated carbocycles. The predicted molar refractivity (Wildman–Crippen MR) is 127 cm³/mol. The lowest BCUT2D eigenvalue weighted by atomic mass is 10.0. The van der Waals surface area contributed by atoms with Crippen molar-refractivity contribution in [3.8, 4) is 5.75 Å². The van der Waals surface area contributed by atoms with E-state index in [1.807, 2.05) is 24.3 Å². The van der Waals surface area contributed by atoms with Crippen molar-refractivity contribution < 1.29 is 22.7 Å². The Kier molecular flexibility index (Phi) is 8.10. The molecule has 0 spiro atoms. The zero-order valence-electron chi connectivity index (χ0n) is 19.0. The van der Waals surface area contributed by atoms with Crippen LogP contribution in [0.3, 0.4) is 0 Å². The van der Waals surface area contributed by atoms with Gasteiger partial charge in [-0.2, -0.15) is 4.31 Å². The van der Waals surface area contributed by atoms with Crippen molar-refractivity contribution in [1.82, 2.24) is 9.21 Å². The van der Waals surface area contributed by atoms with Crippen LogP contribution in [-0.2, 0) is 27.7 Å². The number of esters is 1. The molecule has 0 radical (unpaired) electrons. The molecule has 0 bridgehead atoms. The van der Waals surface area contributed by atoms with Gasteiger partial charge in [-0.3, -0.25) is 4.90 Å². The van der Waals surface area contributed by atoms with Gasteiger partial charge in [-0.15, -0.1) is 11.3 Å². The summed E-state index contributed by atoms with van der Waals surface area (Å²) in [5.41, 5.74) is 2.11. The molecule has 2 heterocycles. The van der Waals surface area contributed by atoms with E-state index < -0.39 is 16.0 Å². The van der Waals surface area contributed by atoms with Gasteiger partial charge in [0.1, 0.15) is 9.96 Å². The van der Waals surface area contributed by atoms with Crippen molar-refractivity contribution >= 4 is 33.4 Å². The molecule has 0 saturated heterocycles. The molecular weight excluding hydrogens is 448 g/mol. The first-order valence-corrected chi connectivity index (χ1v) is 12.9. The molecule has 9 heteroatoms. The molecule has 1 aliphatic heterocycles. The number of ether oxygens (including phenoxy) is 2. The van der Waals surface area contributed by atoms with Gasteiger partial charge in [0, 0.05) is 37.6 Å². The molecule has 174 valence electrons. The van der Waals surface area contributed by atoms with Gasteiger partial charge < -0.3 is 9.47 Å². The first-order valence-electron chi connectivity index (χ1n) is 10.6. The monoisotopic (exact) mass is 478 g/mol. The van der Waals surface area contributed by atoms with E-state index in [2.05, 4.69) is 17.1 Å². The molecule has 1 aromatic carbocycles. The number of fused-ring (bicyclic) bond motifs is 1. The van der Waals surface area contributed by atoms with E-state index in [1.54, 1.807) is 21.0 Å². The average molecular weight is 479 g/mol. The fourth-order valence-corrected chi connectivity index (χ4v) is 7.34. The van der Waals surface area contributed by atoms with Gasteiger partial charge in [-0.1, -0.05) is 38.1 Å². The lowest BCUT2D eigenvalue weighted by molar-refractivity contribution is 0.0595. The Bertz CT molecular complexity index is 1070. The van der Waals surface area contributed by atoms with Crippen molar-refractivity contribution in [2.75, 3.05) is 40.4 Å². The van der Waals surface area contributed by atoms with Crippen LogP contribution in [0.15, 0.2) is 34.6 Å². The van der Waals surface area contributed by atoms with E-state index >= 15 is 0 Å². The lowest BCUT2D eigenvalue weighted by Gasteiger charge is -2.25. The molecule has 0 fully saturated rings. The van der Waals surface area contributed by atoms with Crippen molar-refractivity contribution in [2.45, 2.75) is 31.0 Å². The maximum Gasteiger partial charge on any atom is 0.340 e. The molecule has 0 amide bonds. The average Bonchev–Trinajstić information content (AvgIpc) is 3.19. The molecule has 1 aliphatic rings. The fraction of sp³-hybridized carbons (Fsp3) is 0.435. The number of hydrogen-bond acceptors (Lipinski definition) is 7. The van der Waals surface area contributed by atoms with Crippen LogP contribution in [-0.4, -0.2) is 64.0 Å². The standard InChI is InChI=1S/C23H30N2O5S2/c1-5-25(6-2)32(27,28)23-21(22(26)30-4)19-13-15-24(16-20(19)31-23)14-7-8-17-9-11-18(29-3)12-10-17/h7-12H,5-6,13-16H2,1-4H3/b8-7+. The number of carbonyl (C=O) groups is 1. The Morgan fingerprint density at radius 3 is 2.47 bits per heavy atom. The van der Waals surface area contributed by atoms with E-state index in [0.29, 0.717) is 26.1 Å². The number of sulfonamides is 1. The van der Waals surface area contributed by atoms with E-state index in [1.165, 1.54) is 22.8 Å². The van der Waals surface area contributed by atoms with Crippen LogP contribution in [0.4, 0.5) is 0 Å². The third-order valence-electron chi connectivity index (χ3n) is 5.56. The summed E-state index contributed by atoms with van der Waals surface area (Å²) < 4.78 is 38.0. The lowest BCUT2D eigenvalue weighted by Crippen LogP contribution is -2.31. The van der Waals surface area contributed by atoms with Crippen LogP contribution < -0.4 is 4.74 Å². The minimum Gasteiger partial charge on any atom is -0.497 e. The van der Waals surface area contributed by atoms with Crippen molar-refractivity contribution in [2.24, 2.45) is 0 Å². The third-order valence-corrected chi connectivity index (χ3v) is 9.32. The number of rotatable bonds is 9. The maximum atomic E-state index is 13.2. The van der Waals surface area contributed by atoms with Crippen molar-refractivity contribution in [3.63, 3.8) is 0 Å². The highest BCUT2D eigenvalue weighted by atomic mass is 32.2. The summed E-state index contributed by atoms with van der Waals surface area (Å²) in [6, 6.07) is 7.83. The molecule has 32 heavy (non-hydrogen) atoms. The van der Waals surface area contributed by atoms with Gasteiger partial charge in [0.2, 0.25) is 0 Å². The molecule has 1 aromatic heterocycles. The number of methoxy groups -OCH3 is 2. The van der Waals surface area contributed by atoms with E-state index in [4.69, 9.17) is 9.47 Å². The number of carbonyl (C=O) groups excluding carboxylic acids is 1. The number of thiophene rings is 1. The number of benzene rings is 1. The van der Waals surface area contributed by atoms with Crippen LogP contribution in [0.25, 0.3) is 6.08 Å². The second kappa shape index (κ2) is 10.6.